The number of hydrogen-bond donors (Lipinski definition) is 1. The summed E-state index contributed by atoms with van der Waals surface area (Å²) in [6.45, 7) is 6.73. The van der Waals surface area contributed by atoms with Gasteiger partial charge < -0.3 is 5.11 Å². The number of aliphatic hydroxyl groups excluding tert-OH is 1. The second kappa shape index (κ2) is 4.81. The average Bonchev–Trinajstić information content (AvgIpc) is 2.28. The summed E-state index contributed by atoms with van der Waals surface area (Å²) in [7, 11) is 0. The monoisotopic (exact) mass is 232 g/mol. The lowest BCUT2D eigenvalue weighted by atomic mass is 9.80. The maximum absolute atomic E-state index is 9.72. The van der Waals surface area contributed by atoms with Crippen LogP contribution in [0.3, 0.4) is 0 Å². The predicted molar refractivity (Wildman–Crippen MR) is 72.4 cm³/mol. The smallest absolute Gasteiger partial charge is 0.0546 e. The van der Waals surface area contributed by atoms with Crippen molar-refractivity contribution in [2.45, 2.75) is 63.9 Å². The lowest BCUT2D eigenvalue weighted by Crippen LogP contribution is -2.18. The van der Waals surface area contributed by atoms with E-state index in [2.05, 4.69) is 45.0 Å². The van der Waals surface area contributed by atoms with Gasteiger partial charge in [-0.05, 0) is 41.7 Å². The van der Waals surface area contributed by atoms with Gasteiger partial charge in [0.1, 0.15) is 0 Å². The molecule has 1 N–H and O–H groups in total. The lowest BCUT2D eigenvalue weighted by Gasteiger charge is -2.27. The molecule has 1 aliphatic carbocycles. The Balaban J connectivity index is 2.12. The molecule has 1 saturated carbocycles. The molecular weight excluding hydrogens is 208 g/mol. The molecule has 1 heteroatoms. The third-order valence-electron chi connectivity index (χ3n) is 3.89. The van der Waals surface area contributed by atoms with Gasteiger partial charge >= 0.3 is 0 Å². The second-order valence-corrected chi connectivity index (χ2v) is 6.39. The van der Waals surface area contributed by atoms with E-state index in [1.54, 1.807) is 0 Å². The Hall–Kier alpha value is -0.820. The Labute approximate surface area is 105 Å². The molecule has 0 heterocycles. The van der Waals surface area contributed by atoms with Gasteiger partial charge in [0.05, 0.1) is 6.10 Å². The first-order valence-electron chi connectivity index (χ1n) is 6.75. The average molecular weight is 232 g/mol. The summed E-state index contributed by atoms with van der Waals surface area (Å²) in [4.78, 5) is 0. The van der Waals surface area contributed by atoms with Gasteiger partial charge in [-0.25, -0.2) is 0 Å². The van der Waals surface area contributed by atoms with E-state index in [0.29, 0.717) is 5.92 Å². The van der Waals surface area contributed by atoms with Crippen LogP contribution in [0.2, 0.25) is 0 Å². The van der Waals surface area contributed by atoms with E-state index >= 15 is 0 Å². The molecule has 2 atom stereocenters. The molecule has 0 spiro atoms. The van der Waals surface area contributed by atoms with Crippen molar-refractivity contribution in [1.82, 2.24) is 0 Å². The summed E-state index contributed by atoms with van der Waals surface area (Å²) < 4.78 is 0. The minimum absolute atomic E-state index is 0.0870. The quantitative estimate of drug-likeness (QED) is 0.776. The van der Waals surface area contributed by atoms with Crippen molar-refractivity contribution >= 4 is 0 Å². The molecule has 94 valence electrons. The largest absolute Gasteiger partial charge is 0.393 e. The number of hydrogen-bond acceptors (Lipinski definition) is 1. The molecule has 0 unspecified atom stereocenters. The summed E-state index contributed by atoms with van der Waals surface area (Å²) in [6, 6.07) is 9.00. The molecule has 2 rings (SSSR count). The third kappa shape index (κ3) is 3.10. The van der Waals surface area contributed by atoms with Crippen LogP contribution in [0, 0.1) is 0 Å². The standard InChI is InChI=1S/C16H24O/c1-16(2,3)14-9-7-12(8-10-14)13-5-4-6-15(17)11-13/h7-10,13,15,17H,4-6,11H2,1-3H3/t13-,15-/m0/s1. The zero-order valence-corrected chi connectivity index (χ0v) is 11.2. The van der Waals surface area contributed by atoms with E-state index in [-0.39, 0.29) is 11.5 Å². The number of aliphatic hydroxyl groups is 1. The SMILES string of the molecule is CC(C)(C)c1ccc([C@H]2CCC[C@H](O)C2)cc1. The van der Waals surface area contributed by atoms with Gasteiger partial charge in [0, 0.05) is 0 Å². The van der Waals surface area contributed by atoms with Gasteiger partial charge in [-0.3, -0.25) is 0 Å². The fourth-order valence-electron chi connectivity index (χ4n) is 2.72. The highest BCUT2D eigenvalue weighted by Crippen LogP contribution is 2.33. The molecule has 1 nitrogen and oxygen atoms in total. The Bertz CT molecular complexity index is 358. The molecule has 0 aliphatic heterocycles. The first kappa shape index (κ1) is 12.6. The van der Waals surface area contributed by atoms with Crippen molar-refractivity contribution in [3.8, 4) is 0 Å². The van der Waals surface area contributed by atoms with Gasteiger partial charge in [0.25, 0.3) is 0 Å². The van der Waals surface area contributed by atoms with Gasteiger partial charge in [-0.2, -0.15) is 0 Å². The molecule has 1 fully saturated rings. The summed E-state index contributed by atoms with van der Waals surface area (Å²) >= 11 is 0. The molecule has 1 aromatic carbocycles. The molecule has 0 radical (unpaired) electrons. The van der Waals surface area contributed by atoms with E-state index in [1.165, 1.54) is 17.5 Å². The van der Waals surface area contributed by atoms with Crippen molar-refractivity contribution in [1.29, 1.82) is 0 Å². The minimum atomic E-state index is -0.0870. The van der Waals surface area contributed by atoms with E-state index < -0.39 is 0 Å². The van der Waals surface area contributed by atoms with Crippen LogP contribution in [0.15, 0.2) is 24.3 Å². The second-order valence-electron chi connectivity index (χ2n) is 6.39. The maximum Gasteiger partial charge on any atom is 0.0546 e. The van der Waals surface area contributed by atoms with Crippen molar-refractivity contribution in [2.75, 3.05) is 0 Å². The van der Waals surface area contributed by atoms with Crippen LogP contribution in [-0.4, -0.2) is 11.2 Å². The van der Waals surface area contributed by atoms with Crippen LogP contribution in [0.4, 0.5) is 0 Å². The van der Waals surface area contributed by atoms with Crippen LogP contribution >= 0.6 is 0 Å². The van der Waals surface area contributed by atoms with Crippen LogP contribution in [0.5, 0.6) is 0 Å². The fourth-order valence-corrected chi connectivity index (χ4v) is 2.72. The van der Waals surface area contributed by atoms with Gasteiger partial charge in [-0.15, -0.1) is 0 Å². The Kier molecular flexibility index (Phi) is 3.58. The molecule has 1 aromatic rings. The van der Waals surface area contributed by atoms with Gasteiger partial charge in [0.2, 0.25) is 0 Å². The highest BCUT2D eigenvalue weighted by atomic mass is 16.3. The maximum atomic E-state index is 9.72. The van der Waals surface area contributed by atoms with E-state index in [1.807, 2.05) is 0 Å². The zero-order chi connectivity index (χ0) is 12.5. The van der Waals surface area contributed by atoms with Crippen molar-refractivity contribution in [3.05, 3.63) is 35.4 Å². The Morgan fingerprint density at radius 1 is 1.06 bits per heavy atom. The molecule has 17 heavy (non-hydrogen) atoms. The summed E-state index contributed by atoms with van der Waals surface area (Å²) in [6.07, 6.45) is 4.22. The molecular formula is C16H24O. The lowest BCUT2D eigenvalue weighted by molar-refractivity contribution is 0.119. The molecule has 0 amide bonds. The van der Waals surface area contributed by atoms with Crippen molar-refractivity contribution in [2.24, 2.45) is 0 Å². The van der Waals surface area contributed by atoms with E-state index in [9.17, 15) is 5.11 Å². The fraction of sp³-hybridized carbons (Fsp3) is 0.625. The molecule has 0 bridgehead atoms. The summed E-state index contributed by atoms with van der Waals surface area (Å²) in [5.74, 6) is 0.563. The van der Waals surface area contributed by atoms with E-state index in [0.717, 1.165) is 19.3 Å². The Morgan fingerprint density at radius 2 is 1.71 bits per heavy atom. The predicted octanol–water partition coefficient (Wildman–Crippen LogP) is 4.00. The van der Waals surface area contributed by atoms with Crippen LogP contribution in [0.1, 0.15) is 63.5 Å². The van der Waals surface area contributed by atoms with E-state index in [4.69, 9.17) is 0 Å². The molecule has 0 aromatic heterocycles. The van der Waals surface area contributed by atoms with Crippen LogP contribution < -0.4 is 0 Å². The van der Waals surface area contributed by atoms with Gasteiger partial charge in [0.15, 0.2) is 0 Å². The normalized spacial score (nSPS) is 25.9. The first-order valence-corrected chi connectivity index (χ1v) is 6.75. The van der Waals surface area contributed by atoms with Crippen LogP contribution in [-0.2, 0) is 5.41 Å². The van der Waals surface area contributed by atoms with Gasteiger partial charge in [-0.1, -0.05) is 51.5 Å². The van der Waals surface area contributed by atoms with Crippen molar-refractivity contribution in [3.63, 3.8) is 0 Å². The first-order chi connectivity index (χ1) is 7.97. The topological polar surface area (TPSA) is 20.2 Å². The Morgan fingerprint density at radius 3 is 2.24 bits per heavy atom. The summed E-state index contributed by atoms with van der Waals surface area (Å²) in [5.41, 5.74) is 3.01. The minimum Gasteiger partial charge on any atom is -0.393 e. The highest BCUT2D eigenvalue weighted by molar-refractivity contribution is 5.29. The molecule has 0 saturated heterocycles. The summed E-state index contributed by atoms with van der Waals surface area (Å²) in [5, 5.41) is 9.72. The highest BCUT2D eigenvalue weighted by Gasteiger charge is 2.22. The van der Waals surface area contributed by atoms with Crippen LogP contribution in [0.25, 0.3) is 0 Å². The van der Waals surface area contributed by atoms with Crippen molar-refractivity contribution < 1.29 is 5.11 Å². The number of rotatable bonds is 1. The molecule has 1 aliphatic rings. The zero-order valence-electron chi connectivity index (χ0n) is 11.2. The third-order valence-corrected chi connectivity index (χ3v) is 3.89. The number of benzene rings is 1.